The van der Waals surface area contributed by atoms with Crippen molar-refractivity contribution < 1.29 is 14.4 Å². The molecule has 1 aliphatic heterocycles. The number of piperazine rings is 1. The second-order valence-corrected chi connectivity index (χ2v) is 9.30. The minimum Gasteiger partial charge on any atom is -0.355 e. The van der Waals surface area contributed by atoms with E-state index in [0.717, 1.165) is 19.3 Å². The van der Waals surface area contributed by atoms with Gasteiger partial charge in [-0.15, -0.1) is 12.4 Å². The Morgan fingerprint density at radius 2 is 1.45 bits per heavy atom. The van der Waals surface area contributed by atoms with Crippen LogP contribution in [0.5, 0.6) is 0 Å². The van der Waals surface area contributed by atoms with Gasteiger partial charge in [-0.2, -0.15) is 0 Å². The average Bonchev–Trinajstić information content (AvgIpc) is 2.62. The summed E-state index contributed by atoms with van der Waals surface area (Å²) in [4.78, 5) is 40.1. The lowest BCUT2D eigenvalue weighted by molar-refractivity contribution is -0.140. The van der Waals surface area contributed by atoms with Crippen molar-refractivity contribution in [3.63, 3.8) is 0 Å². The van der Waals surface area contributed by atoms with Crippen molar-refractivity contribution >= 4 is 30.1 Å². The van der Waals surface area contributed by atoms with E-state index >= 15 is 0 Å². The number of nitrogens with zero attached hydrogens (tertiary/aromatic N) is 2. The highest BCUT2D eigenvalue weighted by Crippen LogP contribution is 2.17. The predicted octanol–water partition coefficient (Wildman–Crippen LogP) is 2.18. The van der Waals surface area contributed by atoms with Crippen LogP contribution >= 0.6 is 12.4 Å². The first-order valence-electron chi connectivity index (χ1n) is 10.6. The van der Waals surface area contributed by atoms with E-state index in [1.165, 1.54) is 0 Å². The van der Waals surface area contributed by atoms with Crippen molar-refractivity contribution in [3.05, 3.63) is 0 Å². The summed E-state index contributed by atoms with van der Waals surface area (Å²) in [5, 5.41) is 2.87. The van der Waals surface area contributed by atoms with E-state index in [1.807, 2.05) is 44.4 Å². The molecule has 7 nitrogen and oxygen atoms in total. The molecule has 3 amide bonds. The summed E-state index contributed by atoms with van der Waals surface area (Å²) in [5.74, 6) is 0.597. The lowest BCUT2D eigenvalue weighted by Crippen LogP contribution is -2.50. The fourth-order valence-corrected chi connectivity index (χ4v) is 3.13. The van der Waals surface area contributed by atoms with Gasteiger partial charge in [0, 0.05) is 45.6 Å². The molecule has 1 heterocycles. The van der Waals surface area contributed by atoms with E-state index in [-0.39, 0.29) is 35.5 Å². The zero-order chi connectivity index (χ0) is 21.3. The molecule has 1 rings (SSSR count). The van der Waals surface area contributed by atoms with Crippen LogP contribution in [-0.2, 0) is 14.4 Å². The van der Waals surface area contributed by atoms with Crippen LogP contribution in [0, 0.1) is 11.3 Å². The molecule has 170 valence electrons. The van der Waals surface area contributed by atoms with Gasteiger partial charge in [-0.25, -0.2) is 0 Å². The van der Waals surface area contributed by atoms with Crippen molar-refractivity contribution in [1.82, 2.24) is 15.1 Å². The number of carbonyl (C=O) groups excluding carboxylic acids is 3. The maximum absolute atomic E-state index is 12.3. The number of nitrogens with two attached hydrogens (primary N) is 1. The Morgan fingerprint density at radius 3 is 1.93 bits per heavy atom. The Balaban J connectivity index is 0.00000784. The zero-order valence-electron chi connectivity index (χ0n) is 18.8. The van der Waals surface area contributed by atoms with Crippen LogP contribution in [0.3, 0.4) is 0 Å². The first kappa shape index (κ1) is 27.7. The highest BCUT2D eigenvalue weighted by Gasteiger charge is 2.27. The number of carbonyl (C=O) groups is 3. The molecule has 1 atom stereocenters. The number of nitrogens with one attached hydrogen (secondary N) is 1. The summed E-state index contributed by atoms with van der Waals surface area (Å²) in [6.45, 7) is 13.0. The maximum atomic E-state index is 12.3. The third-order valence-corrected chi connectivity index (χ3v) is 5.15. The Bertz CT molecular complexity index is 527. The lowest BCUT2D eigenvalue weighted by Gasteiger charge is -2.35. The molecule has 0 aromatic carbocycles. The Hall–Kier alpha value is -1.34. The molecule has 0 aliphatic carbocycles. The molecule has 1 aliphatic rings. The van der Waals surface area contributed by atoms with Crippen molar-refractivity contribution in [3.8, 4) is 0 Å². The van der Waals surface area contributed by atoms with Crippen LogP contribution in [0.2, 0.25) is 0 Å². The van der Waals surface area contributed by atoms with Gasteiger partial charge in [0.25, 0.3) is 0 Å². The third-order valence-electron chi connectivity index (χ3n) is 5.15. The first-order valence-corrected chi connectivity index (χ1v) is 10.6. The van der Waals surface area contributed by atoms with Gasteiger partial charge >= 0.3 is 0 Å². The topological polar surface area (TPSA) is 95.7 Å². The summed E-state index contributed by atoms with van der Waals surface area (Å²) in [7, 11) is 0. The number of amides is 3. The SMILES string of the molecule is CC(C)CC(=O)N1CCN(C(=O)CCCCCNC(=O)[C@@H](N)C(C)(C)C)CC1.Cl. The van der Waals surface area contributed by atoms with E-state index in [9.17, 15) is 14.4 Å². The van der Waals surface area contributed by atoms with E-state index in [2.05, 4.69) is 5.32 Å². The van der Waals surface area contributed by atoms with E-state index < -0.39 is 6.04 Å². The van der Waals surface area contributed by atoms with Crippen LogP contribution in [0.25, 0.3) is 0 Å². The summed E-state index contributed by atoms with van der Waals surface area (Å²) in [6, 6.07) is -0.514. The average molecular weight is 433 g/mol. The van der Waals surface area contributed by atoms with Crippen LogP contribution in [-0.4, -0.2) is 66.3 Å². The van der Waals surface area contributed by atoms with Gasteiger partial charge in [0.1, 0.15) is 0 Å². The van der Waals surface area contributed by atoms with Crippen molar-refractivity contribution in [2.24, 2.45) is 17.1 Å². The fraction of sp³-hybridized carbons (Fsp3) is 0.857. The molecule has 0 spiro atoms. The van der Waals surface area contributed by atoms with Gasteiger partial charge < -0.3 is 20.9 Å². The summed E-state index contributed by atoms with van der Waals surface area (Å²) in [5.41, 5.74) is 5.67. The Morgan fingerprint density at radius 1 is 0.931 bits per heavy atom. The summed E-state index contributed by atoms with van der Waals surface area (Å²) in [6.07, 6.45) is 3.64. The molecular formula is C21H41ClN4O3. The monoisotopic (exact) mass is 432 g/mol. The second-order valence-electron chi connectivity index (χ2n) is 9.30. The molecule has 0 aromatic heterocycles. The van der Waals surface area contributed by atoms with E-state index in [0.29, 0.717) is 51.5 Å². The van der Waals surface area contributed by atoms with Crippen molar-refractivity contribution in [1.29, 1.82) is 0 Å². The van der Waals surface area contributed by atoms with E-state index in [4.69, 9.17) is 5.73 Å². The predicted molar refractivity (Wildman–Crippen MR) is 119 cm³/mol. The van der Waals surface area contributed by atoms with Gasteiger partial charge in [0.2, 0.25) is 17.7 Å². The van der Waals surface area contributed by atoms with E-state index in [1.54, 1.807) is 0 Å². The number of hydrogen-bond donors (Lipinski definition) is 2. The van der Waals surface area contributed by atoms with Gasteiger partial charge in [-0.05, 0) is 24.2 Å². The quantitative estimate of drug-likeness (QED) is 0.546. The Kier molecular flexibility index (Phi) is 12.5. The van der Waals surface area contributed by atoms with Gasteiger partial charge in [-0.1, -0.05) is 41.0 Å². The molecule has 0 unspecified atom stereocenters. The molecule has 0 radical (unpaired) electrons. The lowest BCUT2D eigenvalue weighted by atomic mass is 9.87. The first-order chi connectivity index (χ1) is 13.0. The largest absolute Gasteiger partial charge is 0.355 e. The standard InChI is InChI=1S/C21H40N4O3.ClH/c1-16(2)15-18(27)25-13-11-24(12-14-25)17(26)9-7-6-8-10-23-20(28)19(22)21(3,4)5;/h16,19H,6-15,22H2,1-5H3,(H,23,28);1H/t19-;/m1./s1. The number of hydrogen-bond acceptors (Lipinski definition) is 4. The zero-order valence-corrected chi connectivity index (χ0v) is 19.6. The summed E-state index contributed by atoms with van der Waals surface area (Å²) < 4.78 is 0. The van der Waals surface area contributed by atoms with Gasteiger partial charge in [0.15, 0.2) is 0 Å². The number of halogens is 1. The molecule has 1 fully saturated rings. The molecule has 3 N–H and O–H groups in total. The molecule has 29 heavy (non-hydrogen) atoms. The minimum absolute atomic E-state index is 0. The number of unbranched alkanes of at least 4 members (excludes halogenated alkanes) is 2. The highest BCUT2D eigenvalue weighted by atomic mass is 35.5. The van der Waals surface area contributed by atoms with Crippen molar-refractivity contribution in [2.75, 3.05) is 32.7 Å². The molecule has 0 aromatic rings. The second kappa shape index (κ2) is 13.1. The fourth-order valence-electron chi connectivity index (χ4n) is 3.13. The molecular weight excluding hydrogens is 392 g/mol. The third kappa shape index (κ3) is 10.3. The van der Waals surface area contributed by atoms with Gasteiger partial charge in [0.05, 0.1) is 6.04 Å². The number of rotatable bonds is 9. The maximum Gasteiger partial charge on any atom is 0.237 e. The normalized spacial score (nSPS) is 15.7. The minimum atomic E-state index is -0.514. The summed E-state index contributed by atoms with van der Waals surface area (Å²) >= 11 is 0. The molecule has 0 saturated carbocycles. The van der Waals surface area contributed by atoms with Crippen LogP contribution in [0.4, 0.5) is 0 Å². The molecule has 1 saturated heterocycles. The van der Waals surface area contributed by atoms with Gasteiger partial charge in [-0.3, -0.25) is 14.4 Å². The van der Waals surface area contributed by atoms with Crippen molar-refractivity contribution in [2.45, 2.75) is 72.8 Å². The molecule has 8 heteroatoms. The highest BCUT2D eigenvalue weighted by molar-refractivity contribution is 5.85. The van der Waals surface area contributed by atoms with Crippen LogP contribution < -0.4 is 11.1 Å². The van der Waals surface area contributed by atoms with Crippen LogP contribution in [0.15, 0.2) is 0 Å². The molecule has 0 bridgehead atoms. The van der Waals surface area contributed by atoms with Crippen LogP contribution in [0.1, 0.15) is 66.7 Å². The smallest absolute Gasteiger partial charge is 0.237 e. The Labute approximate surface area is 182 Å².